The summed E-state index contributed by atoms with van der Waals surface area (Å²) in [6, 6.07) is 14.1. The van der Waals surface area contributed by atoms with Crippen molar-refractivity contribution in [2.24, 2.45) is 5.92 Å². The zero-order valence-corrected chi connectivity index (χ0v) is 28.0. The molecule has 0 spiro atoms. The van der Waals surface area contributed by atoms with Gasteiger partial charge >= 0.3 is 0 Å². The molecular formula is C35H42F2N6O4S. The van der Waals surface area contributed by atoms with Crippen LogP contribution in [0.15, 0.2) is 54.7 Å². The lowest BCUT2D eigenvalue weighted by Gasteiger charge is -2.26. The topological polar surface area (TPSA) is 116 Å². The molecule has 3 aromatic rings. The van der Waals surface area contributed by atoms with Crippen molar-refractivity contribution < 1.29 is 27.9 Å². The second-order valence-corrected chi connectivity index (χ2v) is 14.2. The van der Waals surface area contributed by atoms with Gasteiger partial charge in [0.1, 0.15) is 5.01 Å². The number of morpholine rings is 1. The Hall–Kier alpha value is -3.78. The number of hydrogen-bond acceptors (Lipinski definition) is 8. The first-order chi connectivity index (χ1) is 23.0. The molecule has 2 aromatic carbocycles. The molecule has 1 aromatic heterocycles. The summed E-state index contributed by atoms with van der Waals surface area (Å²) >= 11 is 1.59. The summed E-state index contributed by atoms with van der Waals surface area (Å²) in [6.07, 6.45) is 1.71. The summed E-state index contributed by atoms with van der Waals surface area (Å²) in [7, 11) is 0. The second-order valence-electron chi connectivity index (χ2n) is 13.1. The van der Waals surface area contributed by atoms with Crippen molar-refractivity contribution >= 4 is 29.1 Å². The fourth-order valence-electron chi connectivity index (χ4n) is 6.43. The van der Waals surface area contributed by atoms with Gasteiger partial charge in [0, 0.05) is 68.4 Å². The normalized spacial score (nSPS) is 22.6. The first kappa shape index (κ1) is 34.1. The highest BCUT2D eigenvalue weighted by atomic mass is 32.1. The van der Waals surface area contributed by atoms with E-state index in [2.05, 4.69) is 50.1 Å². The Morgan fingerprint density at radius 1 is 1.06 bits per heavy atom. The summed E-state index contributed by atoms with van der Waals surface area (Å²) in [5, 5.41) is 9.27. The molecule has 48 heavy (non-hydrogen) atoms. The van der Waals surface area contributed by atoms with Crippen LogP contribution in [0.25, 0.3) is 21.0 Å². The van der Waals surface area contributed by atoms with Gasteiger partial charge in [-0.25, -0.2) is 13.8 Å². The molecule has 4 heterocycles. The van der Waals surface area contributed by atoms with E-state index in [1.165, 1.54) is 5.56 Å². The molecule has 3 fully saturated rings. The highest BCUT2D eigenvalue weighted by Gasteiger charge is 2.44. The predicted molar refractivity (Wildman–Crippen MR) is 180 cm³/mol. The quantitative estimate of drug-likeness (QED) is 0.299. The van der Waals surface area contributed by atoms with Crippen molar-refractivity contribution in [3.8, 4) is 21.0 Å². The Kier molecular flexibility index (Phi) is 10.5. The third-order valence-corrected chi connectivity index (χ3v) is 10.2. The van der Waals surface area contributed by atoms with Gasteiger partial charge in [0.2, 0.25) is 11.8 Å². The monoisotopic (exact) mass is 680 g/mol. The number of rotatable bonds is 10. The zero-order chi connectivity index (χ0) is 33.8. The Balaban J connectivity index is 1.03. The van der Waals surface area contributed by atoms with E-state index in [0.29, 0.717) is 12.0 Å². The summed E-state index contributed by atoms with van der Waals surface area (Å²) in [5.41, 5.74) is 3.76. The number of alkyl halides is 2. The molecule has 3 atom stereocenters. The summed E-state index contributed by atoms with van der Waals surface area (Å²) in [6.45, 7) is 7.90. The van der Waals surface area contributed by atoms with E-state index in [0.717, 1.165) is 53.9 Å². The lowest BCUT2D eigenvalue weighted by Crippen LogP contribution is -2.47. The molecule has 3 aliphatic heterocycles. The van der Waals surface area contributed by atoms with Gasteiger partial charge in [0.05, 0.1) is 36.7 Å². The number of benzene rings is 2. The van der Waals surface area contributed by atoms with E-state index in [-0.39, 0.29) is 36.9 Å². The van der Waals surface area contributed by atoms with Crippen LogP contribution in [0.5, 0.6) is 0 Å². The molecule has 3 saturated heterocycles. The molecule has 3 amide bonds. The van der Waals surface area contributed by atoms with Gasteiger partial charge in [-0.15, -0.1) is 11.3 Å². The van der Waals surface area contributed by atoms with Crippen molar-refractivity contribution in [2.75, 3.05) is 45.9 Å². The van der Waals surface area contributed by atoms with Gasteiger partial charge < -0.3 is 20.3 Å². The van der Waals surface area contributed by atoms with Gasteiger partial charge in [0.15, 0.2) is 0 Å². The first-order valence-electron chi connectivity index (χ1n) is 16.5. The maximum absolute atomic E-state index is 13.6. The standard InChI is InChI=1S/C35H42F2N6O4S/c1-22(2)34(46)43-20-27(41-32(45)29-16-35(36,37)21-40-29)15-28(43)17-38-31(44)25-9-7-24(8-10-25)30-18-39-33(48-30)26-5-3-23(4-6-26)19-42-11-13-47-14-12-42/h3-10,18,22,27-29,40H,11-17,19-21H2,1-2H3,(H,38,44)(H,41,45)/t27-,28-,29+/m1/s1. The predicted octanol–water partition coefficient (Wildman–Crippen LogP) is 3.78. The maximum atomic E-state index is 13.6. The molecule has 0 bridgehead atoms. The number of carbonyl (C=O) groups is 3. The van der Waals surface area contributed by atoms with E-state index in [9.17, 15) is 23.2 Å². The van der Waals surface area contributed by atoms with Crippen molar-refractivity contribution in [1.82, 2.24) is 30.7 Å². The number of aromatic nitrogens is 1. The largest absolute Gasteiger partial charge is 0.379 e. The summed E-state index contributed by atoms with van der Waals surface area (Å²) in [5.74, 6) is -4.04. The number of amides is 3. The van der Waals surface area contributed by atoms with E-state index in [4.69, 9.17) is 4.74 Å². The molecule has 0 unspecified atom stereocenters. The molecule has 10 nitrogen and oxygen atoms in total. The van der Waals surface area contributed by atoms with Crippen molar-refractivity contribution in [2.45, 2.75) is 57.3 Å². The van der Waals surface area contributed by atoms with Crippen LogP contribution < -0.4 is 16.0 Å². The summed E-state index contributed by atoms with van der Waals surface area (Å²) < 4.78 is 32.6. The van der Waals surface area contributed by atoms with Crippen LogP contribution >= 0.6 is 11.3 Å². The van der Waals surface area contributed by atoms with Crippen LogP contribution in [0.3, 0.4) is 0 Å². The van der Waals surface area contributed by atoms with Crippen LogP contribution in [0, 0.1) is 5.92 Å². The lowest BCUT2D eigenvalue weighted by molar-refractivity contribution is -0.135. The minimum atomic E-state index is -2.91. The third-order valence-electron chi connectivity index (χ3n) is 9.11. The van der Waals surface area contributed by atoms with E-state index >= 15 is 0 Å². The molecule has 0 saturated carbocycles. The fraction of sp³-hybridized carbons (Fsp3) is 0.486. The molecule has 256 valence electrons. The Labute approximate surface area is 283 Å². The Morgan fingerprint density at radius 2 is 1.77 bits per heavy atom. The van der Waals surface area contributed by atoms with Crippen molar-refractivity contribution in [3.05, 3.63) is 65.9 Å². The van der Waals surface area contributed by atoms with Gasteiger partial charge in [-0.2, -0.15) is 0 Å². The summed E-state index contributed by atoms with van der Waals surface area (Å²) in [4.78, 5) is 48.4. The highest BCUT2D eigenvalue weighted by molar-refractivity contribution is 7.18. The van der Waals surface area contributed by atoms with Crippen LogP contribution in [-0.4, -0.2) is 102 Å². The number of likely N-dealkylation sites (tertiary alicyclic amines) is 1. The first-order valence-corrected chi connectivity index (χ1v) is 17.3. The van der Waals surface area contributed by atoms with Gasteiger partial charge in [-0.3, -0.25) is 24.6 Å². The average Bonchev–Trinajstić information content (AvgIpc) is 3.83. The number of thiazole rings is 1. The number of carbonyl (C=O) groups excluding carboxylic acids is 3. The van der Waals surface area contributed by atoms with E-state index in [1.54, 1.807) is 42.2 Å². The fourth-order valence-corrected chi connectivity index (χ4v) is 7.36. The number of nitrogens with one attached hydrogen (secondary N) is 3. The molecule has 0 radical (unpaired) electrons. The smallest absolute Gasteiger partial charge is 0.262 e. The van der Waals surface area contributed by atoms with E-state index in [1.807, 2.05) is 18.3 Å². The van der Waals surface area contributed by atoms with Crippen LogP contribution in [-0.2, 0) is 20.9 Å². The molecule has 0 aliphatic carbocycles. The number of halogens is 2. The van der Waals surface area contributed by atoms with Gasteiger partial charge in [-0.1, -0.05) is 50.2 Å². The van der Waals surface area contributed by atoms with Crippen LogP contribution in [0.1, 0.15) is 42.6 Å². The number of nitrogens with zero attached hydrogens (tertiary/aromatic N) is 3. The zero-order valence-electron chi connectivity index (χ0n) is 27.2. The number of ether oxygens (including phenoxy) is 1. The van der Waals surface area contributed by atoms with Crippen LogP contribution in [0.4, 0.5) is 8.78 Å². The average molecular weight is 681 g/mol. The third kappa shape index (κ3) is 8.25. The Morgan fingerprint density at radius 3 is 2.44 bits per heavy atom. The van der Waals surface area contributed by atoms with Crippen molar-refractivity contribution in [3.63, 3.8) is 0 Å². The number of hydrogen-bond donors (Lipinski definition) is 3. The molecule has 3 N–H and O–H groups in total. The molecular weight excluding hydrogens is 638 g/mol. The molecule has 13 heteroatoms. The van der Waals surface area contributed by atoms with Gasteiger partial charge in [-0.05, 0) is 29.7 Å². The maximum Gasteiger partial charge on any atom is 0.262 e. The second kappa shape index (κ2) is 14.8. The molecule has 6 rings (SSSR count). The Bertz CT molecular complexity index is 1590. The van der Waals surface area contributed by atoms with E-state index < -0.39 is 36.9 Å². The van der Waals surface area contributed by atoms with Gasteiger partial charge in [0.25, 0.3) is 11.8 Å². The van der Waals surface area contributed by atoms with Crippen molar-refractivity contribution in [1.29, 1.82) is 0 Å². The molecule has 3 aliphatic rings. The lowest BCUT2D eigenvalue weighted by atomic mass is 10.1. The minimum Gasteiger partial charge on any atom is -0.379 e. The van der Waals surface area contributed by atoms with Crippen LogP contribution in [0.2, 0.25) is 0 Å². The SMILES string of the molecule is CC(C)C(=O)N1C[C@H](NC(=O)[C@@H]2CC(F)(F)CN2)C[C@@H]1CNC(=O)c1ccc(-c2cnc(-c3ccc(CN4CCOCC4)cc3)s2)cc1. The minimum absolute atomic E-state index is 0.0891. The highest BCUT2D eigenvalue weighted by Crippen LogP contribution is 2.32.